The van der Waals surface area contributed by atoms with Crippen LogP contribution in [0.3, 0.4) is 0 Å². The molecule has 17 atom stereocenters. The third kappa shape index (κ3) is 24.9. The highest BCUT2D eigenvalue weighted by molar-refractivity contribution is 5.76. The largest absolute Gasteiger partial charge is 0.394 e. The minimum Gasteiger partial charge on any atom is -0.394 e. The van der Waals surface area contributed by atoms with Gasteiger partial charge in [0.1, 0.15) is 73.2 Å². The molecule has 3 rings (SSSR count). The Kier molecular flexibility index (Phi) is 36.1. The van der Waals surface area contributed by atoms with E-state index in [9.17, 15) is 61.0 Å². The minimum atomic E-state index is -1.97. The zero-order valence-corrected chi connectivity index (χ0v) is 45.3. The van der Waals surface area contributed by atoms with Crippen molar-refractivity contribution in [1.29, 1.82) is 0 Å². The second kappa shape index (κ2) is 40.2. The van der Waals surface area contributed by atoms with E-state index in [4.69, 9.17) is 28.4 Å². The second-order valence-corrected chi connectivity index (χ2v) is 20.8. The van der Waals surface area contributed by atoms with Gasteiger partial charge in [-0.15, -0.1) is 0 Å². The normalized spacial score (nSPS) is 31.5. The number of aliphatic hydroxyl groups excluding tert-OH is 11. The van der Waals surface area contributed by atoms with Crippen LogP contribution in [0, 0.1) is 0 Å². The van der Waals surface area contributed by atoms with E-state index in [1.54, 1.807) is 0 Å². The van der Waals surface area contributed by atoms with Crippen LogP contribution in [0.5, 0.6) is 0 Å². The van der Waals surface area contributed by atoms with Gasteiger partial charge in [-0.3, -0.25) is 4.79 Å². The molecule has 0 spiro atoms. The van der Waals surface area contributed by atoms with E-state index in [1.165, 1.54) is 89.9 Å². The summed E-state index contributed by atoms with van der Waals surface area (Å²) in [6, 6.07) is -0.883. The summed E-state index contributed by atoms with van der Waals surface area (Å²) in [5, 5.41) is 119. The van der Waals surface area contributed by atoms with Crippen LogP contribution in [0.4, 0.5) is 0 Å². The van der Waals surface area contributed by atoms with Crippen molar-refractivity contribution in [3.63, 3.8) is 0 Å². The van der Waals surface area contributed by atoms with Crippen LogP contribution in [0.25, 0.3) is 0 Å². The summed E-state index contributed by atoms with van der Waals surface area (Å²) in [6.45, 7) is 1.57. The van der Waals surface area contributed by atoms with Crippen molar-refractivity contribution in [2.24, 2.45) is 0 Å². The van der Waals surface area contributed by atoms with Crippen molar-refractivity contribution in [2.75, 3.05) is 26.4 Å². The van der Waals surface area contributed by atoms with Crippen molar-refractivity contribution in [1.82, 2.24) is 5.32 Å². The summed E-state index contributed by atoms with van der Waals surface area (Å²) >= 11 is 0. The lowest BCUT2D eigenvalue weighted by Crippen LogP contribution is -2.66. The molecule has 12 N–H and O–H groups in total. The molecule has 3 fully saturated rings. The first-order chi connectivity index (χ1) is 36.3. The SMILES string of the molecule is CCCCCCC/C=C\C/C=C\C/C=C\CCCCCCCCCCCCCCC(=O)NC(COC1OC(CO)C(OC2OC(CO)C(OC3OC(CO)C(O)C(O)C3O)C(O)C2O)C(O)C1O)C(O)CCCCC. The fourth-order valence-corrected chi connectivity index (χ4v) is 9.67. The molecule has 1 amide bonds. The highest BCUT2D eigenvalue weighted by atomic mass is 16.8. The van der Waals surface area contributed by atoms with Gasteiger partial charge in [0.05, 0.1) is 38.6 Å². The van der Waals surface area contributed by atoms with Crippen LogP contribution < -0.4 is 5.32 Å². The lowest BCUT2D eigenvalue weighted by atomic mass is 9.96. The monoisotopic (exact) mass is 1080 g/mol. The van der Waals surface area contributed by atoms with Gasteiger partial charge in [0.15, 0.2) is 18.9 Å². The zero-order chi connectivity index (χ0) is 54.8. The summed E-state index contributed by atoms with van der Waals surface area (Å²) in [5.41, 5.74) is 0. The van der Waals surface area contributed by atoms with Gasteiger partial charge in [-0.05, 0) is 51.4 Å². The van der Waals surface area contributed by atoms with Gasteiger partial charge >= 0.3 is 0 Å². The molecule has 3 saturated heterocycles. The maximum Gasteiger partial charge on any atom is 0.220 e. The number of carbonyl (C=O) groups is 1. The van der Waals surface area contributed by atoms with E-state index < -0.39 is 124 Å². The number of aliphatic hydroxyl groups is 11. The van der Waals surface area contributed by atoms with Crippen LogP contribution in [0.1, 0.15) is 181 Å². The molecule has 0 aromatic rings. The molecule has 0 radical (unpaired) electrons. The minimum absolute atomic E-state index is 0.258. The van der Waals surface area contributed by atoms with E-state index in [-0.39, 0.29) is 18.9 Å². The summed E-state index contributed by atoms with van der Waals surface area (Å²) in [5.74, 6) is -0.258. The first-order valence-electron chi connectivity index (χ1n) is 28.7. The predicted molar refractivity (Wildman–Crippen MR) is 282 cm³/mol. The number of amides is 1. The van der Waals surface area contributed by atoms with Crippen molar-refractivity contribution in [3.05, 3.63) is 36.5 Å². The topological polar surface area (TPSA) is 307 Å². The number of allylic oxidation sites excluding steroid dienone is 6. The average Bonchev–Trinajstić information content (AvgIpc) is 3.40. The van der Waals surface area contributed by atoms with Crippen LogP contribution in [0.2, 0.25) is 0 Å². The molecular weight excluding hydrogens is 975 g/mol. The molecule has 0 bridgehead atoms. The molecule has 19 heteroatoms. The van der Waals surface area contributed by atoms with Crippen LogP contribution in [-0.4, -0.2) is 193 Å². The molecule has 3 aliphatic heterocycles. The van der Waals surface area contributed by atoms with E-state index in [1.807, 2.05) is 6.92 Å². The molecule has 0 aromatic heterocycles. The fraction of sp³-hybridized carbons (Fsp3) is 0.875. The Morgan fingerprint density at radius 2 is 0.880 bits per heavy atom. The standard InChI is InChI=1S/C56H101NO18/c1-3-5-7-8-9-10-11-12-13-14-15-16-17-18-19-20-21-22-23-24-25-26-27-28-29-30-32-34-44(62)57-39(40(61)33-31-6-4-2)38-70-54-50(68)47(65)52(42(36-59)72-54)75-56-51(69)48(66)53(43(37-60)73-56)74-55-49(67)46(64)45(63)41(35-58)71-55/h11-12,14-15,17-18,39-43,45-56,58-61,63-69H,3-10,13,16,19-38H2,1-2H3,(H,57,62)/b12-11-,15-14-,18-17-. The van der Waals surface area contributed by atoms with Gasteiger partial charge in [0, 0.05) is 6.42 Å². The molecule has 3 aliphatic rings. The first kappa shape index (κ1) is 67.3. The highest BCUT2D eigenvalue weighted by Crippen LogP contribution is 2.33. The predicted octanol–water partition coefficient (Wildman–Crippen LogP) is 4.15. The van der Waals surface area contributed by atoms with Crippen LogP contribution >= 0.6 is 0 Å². The maximum atomic E-state index is 13.1. The molecule has 3 heterocycles. The molecule has 17 unspecified atom stereocenters. The van der Waals surface area contributed by atoms with Gasteiger partial charge in [0.2, 0.25) is 5.91 Å². The summed E-state index contributed by atoms with van der Waals surface area (Å²) in [6.07, 6.45) is 15.2. The lowest BCUT2D eigenvalue weighted by molar-refractivity contribution is -0.379. The van der Waals surface area contributed by atoms with Crippen molar-refractivity contribution >= 4 is 5.91 Å². The molecule has 0 aliphatic carbocycles. The van der Waals surface area contributed by atoms with Gasteiger partial charge in [0.25, 0.3) is 0 Å². The third-order valence-electron chi connectivity index (χ3n) is 14.5. The van der Waals surface area contributed by atoms with Gasteiger partial charge < -0.3 is 89.9 Å². The smallest absolute Gasteiger partial charge is 0.220 e. The number of rotatable bonds is 41. The van der Waals surface area contributed by atoms with E-state index in [0.29, 0.717) is 19.3 Å². The van der Waals surface area contributed by atoms with E-state index in [2.05, 4.69) is 48.7 Å². The van der Waals surface area contributed by atoms with Crippen LogP contribution in [-0.2, 0) is 33.2 Å². The summed E-state index contributed by atoms with van der Waals surface area (Å²) < 4.78 is 34.0. The Bertz CT molecular complexity index is 1520. The number of nitrogens with one attached hydrogen (secondary N) is 1. The molecule has 438 valence electrons. The van der Waals surface area contributed by atoms with Crippen molar-refractivity contribution in [2.45, 2.75) is 285 Å². The second-order valence-electron chi connectivity index (χ2n) is 20.8. The Hall–Kier alpha value is -1.99. The molecule has 19 nitrogen and oxygen atoms in total. The van der Waals surface area contributed by atoms with Crippen LogP contribution in [0.15, 0.2) is 36.5 Å². The van der Waals surface area contributed by atoms with Gasteiger partial charge in [-0.2, -0.15) is 0 Å². The molecule has 0 aromatic carbocycles. The Labute approximate surface area is 447 Å². The van der Waals surface area contributed by atoms with Crippen molar-refractivity contribution in [3.8, 4) is 0 Å². The van der Waals surface area contributed by atoms with Gasteiger partial charge in [-0.1, -0.05) is 159 Å². The zero-order valence-electron chi connectivity index (χ0n) is 45.3. The Balaban J connectivity index is 1.33. The number of hydrogen-bond acceptors (Lipinski definition) is 18. The fourth-order valence-electron chi connectivity index (χ4n) is 9.67. The van der Waals surface area contributed by atoms with Crippen molar-refractivity contribution < 1.29 is 89.4 Å². The number of unbranched alkanes of at least 4 members (excludes halogenated alkanes) is 19. The van der Waals surface area contributed by atoms with E-state index in [0.717, 1.165) is 51.4 Å². The van der Waals surface area contributed by atoms with Gasteiger partial charge in [-0.25, -0.2) is 0 Å². The lowest BCUT2D eigenvalue weighted by Gasteiger charge is -2.48. The van der Waals surface area contributed by atoms with E-state index >= 15 is 0 Å². The number of ether oxygens (including phenoxy) is 6. The first-order valence-corrected chi connectivity index (χ1v) is 28.7. The number of hydrogen-bond donors (Lipinski definition) is 12. The third-order valence-corrected chi connectivity index (χ3v) is 14.5. The summed E-state index contributed by atoms with van der Waals surface area (Å²) in [7, 11) is 0. The molecule has 0 saturated carbocycles. The Morgan fingerprint density at radius 1 is 0.480 bits per heavy atom. The maximum absolute atomic E-state index is 13.1. The molecular formula is C56H101NO18. The summed E-state index contributed by atoms with van der Waals surface area (Å²) in [4.78, 5) is 13.1. The molecule has 75 heavy (non-hydrogen) atoms. The quantitative estimate of drug-likeness (QED) is 0.0302. The average molecular weight is 1080 g/mol. The Morgan fingerprint density at radius 3 is 1.37 bits per heavy atom. The highest BCUT2D eigenvalue weighted by Gasteiger charge is 2.53. The number of carbonyl (C=O) groups excluding carboxylic acids is 1.